The molecular formula is C17H18N4O5. The van der Waals surface area contributed by atoms with Crippen LogP contribution in [-0.2, 0) is 4.79 Å². The zero-order chi connectivity index (χ0) is 19.1. The van der Waals surface area contributed by atoms with Gasteiger partial charge in [0.05, 0.1) is 12.0 Å². The van der Waals surface area contributed by atoms with E-state index in [4.69, 9.17) is 4.74 Å². The van der Waals surface area contributed by atoms with Crippen molar-refractivity contribution in [2.45, 2.75) is 13.3 Å². The molecule has 2 aromatic carbocycles. The Morgan fingerprint density at radius 1 is 1.15 bits per heavy atom. The van der Waals surface area contributed by atoms with Crippen LogP contribution < -0.4 is 20.9 Å². The zero-order valence-corrected chi connectivity index (χ0v) is 14.2. The Bertz CT molecular complexity index is 820. The first-order chi connectivity index (χ1) is 12.4. The third-order valence-electron chi connectivity index (χ3n) is 3.46. The van der Waals surface area contributed by atoms with E-state index in [1.807, 2.05) is 0 Å². The molecule has 0 aliphatic rings. The number of nitrogens with zero attached hydrogens (tertiary/aromatic N) is 1. The SMILES string of the molecule is CCC(=O)NNc1ccc(C(=O)Nc2ccc(OC)cc2)cc1[N+](=O)[O-]. The average molecular weight is 358 g/mol. The topological polar surface area (TPSA) is 123 Å². The molecule has 0 aromatic heterocycles. The number of carbonyl (C=O) groups is 2. The average Bonchev–Trinajstić information content (AvgIpc) is 2.66. The second-order valence-electron chi connectivity index (χ2n) is 5.20. The van der Waals surface area contributed by atoms with E-state index >= 15 is 0 Å². The van der Waals surface area contributed by atoms with Crippen molar-refractivity contribution in [3.05, 3.63) is 58.1 Å². The summed E-state index contributed by atoms with van der Waals surface area (Å²) in [6.45, 7) is 1.65. The number of methoxy groups -OCH3 is 1. The van der Waals surface area contributed by atoms with Gasteiger partial charge in [0, 0.05) is 23.7 Å². The molecule has 0 fully saturated rings. The van der Waals surface area contributed by atoms with Crippen molar-refractivity contribution in [2.24, 2.45) is 0 Å². The molecule has 2 amide bonds. The number of hydrogen-bond acceptors (Lipinski definition) is 6. The fourth-order valence-corrected chi connectivity index (χ4v) is 2.03. The molecule has 0 bridgehead atoms. The molecule has 0 radical (unpaired) electrons. The maximum absolute atomic E-state index is 12.3. The van der Waals surface area contributed by atoms with Gasteiger partial charge in [-0.05, 0) is 36.4 Å². The van der Waals surface area contributed by atoms with Crippen molar-refractivity contribution in [2.75, 3.05) is 17.9 Å². The monoisotopic (exact) mass is 358 g/mol. The Balaban J connectivity index is 2.17. The van der Waals surface area contributed by atoms with Gasteiger partial charge in [-0.1, -0.05) is 6.92 Å². The van der Waals surface area contributed by atoms with Crippen molar-refractivity contribution in [1.29, 1.82) is 0 Å². The fourth-order valence-electron chi connectivity index (χ4n) is 2.03. The van der Waals surface area contributed by atoms with Gasteiger partial charge < -0.3 is 10.1 Å². The van der Waals surface area contributed by atoms with E-state index in [1.54, 1.807) is 31.2 Å². The van der Waals surface area contributed by atoms with Gasteiger partial charge in [-0.15, -0.1) is 0 Å². The van der Waals surface area contributed by atoms with Crippen LogP contribution in [0.1, 0.15) is 23.7 Å². The van der Waals surface area contributed by atoms with Crippen molar-refractivity contribution in [1.82, 2.24) is 5.43 Å². The number of anilines is 2. The standard InChI is InChI=1S/C17H18N4O5/c1-3-16(22)20-19-14-9-4-11(10-15(14)21(24)25)17(23)18-12-5-7-13(26-2)8-6-12/h4-10,19H,3H2,1-2H3,(H,18,23)(H,20,22). The number of hydrazine groups is 1. The quantitative estimate of drug-likeness (QED) is 0.517. The Morgan fingerprint density at radius 3 is 2.42 bits per heavy atom. The molecule has 2 aromatic rings. The maximum atomic E-state index is 12.3. The number of nitrogens with one attached hydrogen (secondary N) is 3. The molecule has 0 aliphatic carbocycles. The molecule has 0 heterocycles. The Morgan fingerprint density at radius 2 is 1.85 bits per heavy atom. The van der Waals surface area contributed by atoms with Crippen LogP contribution in [0.3, 0.4) is 0 Å². The van der Waals surface area contributed by atoms with Crippen LogP contribution in [0.5, 0.6) is 5.75 Å². The van der Waals surface area contributed by atoms with Crippen molar-refractivity contribution in [3.8, 4) is 5.75 Å². The lowest BCUT2D eigenvalue weighted by molar-refractivity contribution is -0.384. The van der Waals surface area contributed by atoms with Crippen molar-refractivity contribution >= 4 is 28.9 Å². The van der Waals surface area contributed by atoms with Crippen LogP contribution in [0.4, 0.5) is 17.1 Å². The van der Waals surface area contributed by atoms with Gasteiger partial charge in [0.15, 0.2) is 0 Å². The summed E-state index contributed by atoms with van der Waals surface area (Å²) in [6.07, 6.45) is 0.225. The molecule has 0 saturated heterocycles. The third-order valence-corrected chi connectivity index (χ3v) is 3.46. The number of amides is 2. The minimum atomic E-state index is -0.634. The second kappa shape index (κ2) is 8.47. The molecular weight excluding hydrogens is 340 g/mol. The molecule has 0 saturated carbocycles. The Kier molecular flexibility index (Phi) is 6.10. The minimum absolute atomic E-state index is 0.0813. The molecule has 2 rings (SSSR count). The van der Waals surface area contributed by atoms with E-state index in [0.29, 0.717) is 11.4 Å². The number of nitro benzene ring substituents is 1. The normalized spacial score (nSPS) is 9.92. The summed E-state index contributed by atoms with van der Waals surface area (Å²) in [4.78, 5) is 34.2. The van der Waals surface area contributed by atoms with Crippen LogP contribution in [0.25, 0.3) is 0 Å². The van der Waals surface area contributed by atoms with E-state index in [2.05, 4.69) is 16.2 Å². The Hall–Kier alpha value is -3.62. The zero-order valence-electron chi connectivity index (χ0n) is 14.2. The van der Waals surface area contributed by atoms with E-state index in [-0.39, 0.29) is 29.3 Å². The van der Waals surface area contributed by atoms with Crippen LogP contribution in [0.2, 0.25) is 0 Å². The largest absolute Gasteiger partial charge is 0.497 e. The number of nitro groups is 1. The number of hydrogen-bond donors (Lipinski definition) is 3. The summed E-state index contributed by atoms with van der Waals surface area (Å²) < 4.78 is 5.04. The first-order valence-electron chi connectivity index (χ1n) is 7.73. The summed E-state index contributed by atoms with van der Waals surface area (Å²) in [5.74, 6) is -0.175. The molecule has 136 valence electrons. The van der Waals surface area contributed by atoms with E-state index < -0.39 is 10.8 Å². The lowest BCUT2D eigenvalue weighted by atomic mass is 10.1. The van der Waals surface area contributed by atoms with Gasteiger partial charge >= 0.3 is 0 Å². The number of rotatable bonds is 7. The minimum Gasteiger partial charge on any atom is -0.497 e. The number of carbonyl (C=O) groups excluding carboxylic acids is 2. The van der Waals surface area contributed by atoms with Gasteiger partial charge in [-0.2, -0.15) is 0 Å². The highest BCUT2D eigenvalue weighted by Crippen LogP contribution is 2.25. The summed E-state index contributed by atoms with van der Waals surface area (Å²) in [6, 6.07) is 10.6. The predicted octanol–water partition coefficient (Wildman–Crippen LogP) is 2.71. The molecule has 0 aliphatic heterocycles. The van der Waals surface area contributed by atoms with Gasteiger partial charge in [0.25, 0.3) is 11.6 Å². The molecule has 26 heavy (non-hydrogen) atoms. The summed E-state index contributed by atoms with van der Waals surface area (Å²) in [5.41, 5.74) is 5.21. The number of ether oxygens (including phenoxy) is 1. The van der Waals surface area contributed by atoms with E-state index in [0.717, 1.165) is 6.07 Å². The van der Waals surface area contributed by atoms with Gasteiger partial charge in [-0.3, -0.25) is 30.6 Å². The summed E-state index contributed by atoms with van der Waals surface area (Å²) >= 11 is 0. The highest BCUT2D eigenvalue weighted by atomic mass is 16.6. The van der Waals surface area contributed by atoms with Gasteiger partial charge in [-0.25, -0.2) is 0 Å². The van der Waals surface area contributed by atoms with Crippen LogP contribution >= 0.6 is 0 Å². The highest BCUT2D eigenvalue weighted by molar-refractivity contribution is 6.05. The lowest BCUT2D eigenvalue weighted by Gasteiger charge is -2.10. The molecule has 0 unspecified atom stereocenters. The second-order valence-corrected chi connectivity index (χ2v) is 5.20. The third kappa shape index (κ3) is 4.69. The maximum Gasteiger partial charge on any atom is 0.294 e. The summed E-state index contributed by atoms with van der Waals surface area (Å²) in [7, 11) is 1.53. The van der Waals surface area contributed by atoms with Gasteiger partial charge in [0.1, 0.15) is 11.4 Å². The molecule has 3 N–H and O–H groups in total. The summed E-state index contributed by atoms with van der Waals surface area (Å²) in [5, 5.41) is 13.9. The molecule has 0 spiro atoms. The van der Waals surface area contributed by atoms with E-state index in [9.17, 15) is 19.7 Å². The molecule has 9 heteroatoms. The Labute approximate surface area is 149 Å². The van der Waals surface area contributed by atoms with Crippen LogP contribution in [0.15, 0.2) is 42.5 Å². The first-order valence-corrected chi connectivity index (χ1v) is 7.73. The van der Waals surface area contributed by atoms with Crippen molar-refractivity contribution in [3.63, 3.8) is 0 Å². The fraction of sp³-hybridized carbons (Fsp3) is 0.176. The van der Waals surface area contributed by atoms with Gasteiger partial charge in [0.2, 0.25) is 5.91 Å². The predicted molar refractivity (Wildman–Crippen MR) is 96.1 cm³/mol. The molecule has 9 nitrogen and oxygen atoms in total. The van der Waals surface area contributed by atoms with Crippen LogP contribution in [-0.4, -0.2) is 23.8 Å². The van der Waals surface area contributed by atoms with Crippen LogP contribution in [0, 0.1) is 10.1 Å². The lowest BCUT2D eigenvalue weighted by Crippen LogP contribution is -2.28. The first kappa shape index (κ1) is 18.7. The van der Waals surface area contributed by atoms with E-state index in [1.165, 1.54) is 19.2 Å². The smallest absolute Gasteiger partial charge is 0.294 e. The highest BCUT2D eigenvalue weighted by Gasteiger charge is 2.18. The molecule has 0 atom stereocenters. The number of benzene rings is 2. The van der Waals surface area contributed by atoms with Crippen molar-refractivity contribution < 1.29 is 19.2 Å².